The van der Waals surface area contributed by atoms with Crippen molar-refractivity contribution in [3.63, 3.8) is 0 Å². The zero-order valence-electron chi connectivity index (χ0n) is 19.4. The second kappa shape index (κ2) is 7.52. The number of hydrogen-bond acceptors (Lipinski definition) is 3. The normalized spacial score (nSPS) is 22.1. The van der Waals surface area contributed by atoms with Gasteiger partial charge >= 0.3 is 0 Å². The molecule has 28 heavy (non-hydrogen) atoms. The van der Waals surface area contributed by atoms with Gasteiger partial charge in [-0.25, -0.2) is 0 Å². The fourth-order valence-corrected chi connectivity index (χ4v) is 6.41. The van der Waals surface area contributed by atoms with Crippen molar-refractivity contribution in [1.82, 2.24) is 4.98 Å². The number of pyridine rings is 1. The molecule has 1 spiro atoms. The van der Waals surface area contributed by atoms with Crippen LogP contribution in [0.15, 0.2) is 0 Å². The van der Waals surface area contributed by atoms with Gasteiger partial charge in [-0.1, -0.05) is 47.5 Å². The third-order valence-electron chi connectivity index (χ3n) is 7.83. The van der Waals surface area contributed by atoms with Crippen LogP contribution in [0.1, 0.15) is 107 Å². The molecule has 1 aromatic rings. The van der Waals surface area contributed by atoms with E-state index in [0.29, 0.717) is 11.3 Å². The van der Waals surface area contributed by atoms with Gasteiger partial charge in [0.15, 0.2) is 8.32 Å². The maximum Gasteiger partial charge on any atom is 0.192 e. The molecule has 0 bridgehead atoms. The molecular formula is C24H41NO2Si. The highest BCUT2D eigenvalue weighted by Gasteiger charge is 2.47. The number of rotatable bonds is 4. The van der Waals surface area contributed by atoms with Gasteiger partial charge in [0.25, 0.3) is 0 Å². The first-order chi connectivity index (χ1) is 12.9. The third kappa shape index (κ3) is 3.84. The summed E-state index contributed by atoms with van der Waals surface area (Å²) in [5.74, 6) is 0.326. The van der Waals surface area contributed by atoms with Gasteiger partial charge in [0.05, 0.1) is 12.7 Å². The van der Waals surface area contributed by atoms with Crippen LogP contribution in [0.3, 0.4) is 0 Å². The predicted octanol–water partition coefficient (Wildman–Crippen LogP) is 6.58. The average Bonchev–Trinajstić information content (AvgIpc) is 3.00. The second-order valence-electron chi connectivity index (χ2n) is 11.2. The molecule has 1 heterocycles. The van der Waals surface area contributed by atoms with Crippen LogP contribution in [0, 0.1) is 12.3 Å². The molecule has 1 fully saturated rings. The summed E-state index contributed by atoms with van der Waals surface area (Å²) in [7, 11) is -1.90. The minimum Gasteiger partial charge on any atom is -0.410 e. The smallest absolute Gasteiger partial charge is 0.192 e. The SMILES string of the molecule is Cc1c(CO)c(C(C)C)nc2c1C(O[Si](C)(C)C(C)(C)C)CC1(CCCC1)C2. The van der Waals surface area contributed by atoms with Crippen molar-refractivity contribution in [3.05, 3.63) is 28.1 Å². The van der Waals surface area contributed by atoms with Gasteiger partial charge < -0.3 is 9.53 Å². The van der Waals surface area contributed by atoms with Gasteiger partial charge in [-0.15, -0.1) is 0 Å². The van der Waals surface area contributed by atoms with Gasteiger partial charge in [0.1, 0.15) is 0 Å². The highest BCUT2D eigenvalue weighted by Crippen LogP contribution is 2.54. The van der Waals surface area contributed by atoms with Crippen molar-refractivity contribution in [2.45, 2.75) is 117 Å². The fraction of sp³-hybridized carbons (Fsp3) is 0.792. The molecule has 0 aromatic carbocycles. The first-order valence-corrected chi connectivity index (χ1v) is 14.1. The first-order valence-electron chi connectivity index (χ1n) is 11.2. The summed E-state index contributed by atoms with van der Waals surface area (Å²) in [5, 5.41) is 10.3. The quantitative estimate of drug-likeness (QED) is 0.578. The Labute approximate surface area is 173 Å². The molecule has 1 N–H and O–H groups in total. The molecule has 0 radical (unpaired) electrons. The topological polar surface area (TPSA) is 42.4 Å². The van der Waals surface area contributed by atoms with Crippen molar-refractivity contribution in [3.8, 4) is 0 Å². The molecule has 2 aliphatic carbocycles. The summed E-state index contributed by atoms with van der Waals surface area (Å²) < 4.78 is 7.05. The predicted molar refractivity (Wildman–Crippen MR) is 119 cm³/mol. The maximum atomic E-state index is 10.1. The summed E-state index contributed by atoms with van der Waals surface area (Å²) in [5.41, 5.74) is 6.27. The lowest BCUT2D eigenvalue weighted by Gasteiger charge is -2.46. The number of aliphatic hydroxyl groups excluding tert-OH is 1. The molecule has 1 aromatic heterocycles. The van der Waals surface area contributed by atoms with E-state index in [1.54, 1.807) is 0 Å². The van der Waals surface area contributed by atoms with Gasteiger partial charge in [0.2, 0.25) is 0 Å². The van der Waals surface area contributed by atoms with E-state index >= 15 is 0 Å². The van der Waals surface area contributed by atoms with Crippen LogP contribution in [0.2, 0.25) is 18.1 Å². The summed E-state index contributed by atoms with van der Waals surface area (Å²) in [6, 6.07) is 0. The Morgan fingerprint density at radius 2 is 1.82 bits per heavy atom. The zero-order chi connectivity index (χ0) is 20.9. The van der Waals surface area contributed by atoms with Crippen molar-refractivity contribution in [2.24, 2.45) is 5.41 Å². The van der Waals surface area contributed by atoms with Gasteiger partial charge in [0, 0.05) is 22.5 Å². The Morgan fingerprint density at radius 3 is 2.32 bits per heavy atom. The van der Waals surface area contributed by atoms with Crippen LogP contribution >= 0.6 is 0 Å². The average molecular weight is 404 g/mol. The van der Waals surface area contributed by atoms with E-state index in [4.69, 9.17) is 9.41 Å². The number of fused-ring (bicyclic) bond motifs is 1. The summed E-state index contributed by atoms with van der Waals surface area (Å²) in [4.78, 5) is 5.18. The molecule has 1 atom stereocenters. The number of hydrogen-bond donors (Lipinski definition) is 1. The highest BCUT2D eigenvalue weighted by atomic mass is 28.4. The van der Waals surface area contributed by atoms with Crippen molar-refractivity contribution in [2.75, 3.05) is 0 Å². The van der Waals surface area contributed by atoms with Crippen molar-refractivity contribution in [1.29, 1.82) is 0 Å². The standard InChI is InChI=1S/C24H41NO2Si/c1-16(2)22-18(15-26)17(3)21-19(25-22)13-24(11-9-10-12-24)14-20(21)27-28(7,8)23(4,5)6/h16,20,26H,9-15H2,1-8H3. The van der Waals surface area contributed by atoms with E-state index in [0.717, 1.165) is 24.1 Å². The number of aromatic nitrogens is 1. The van der Waals surface area contributed by atoms with Crippen molar-refractivity contribution < 1.29 is 9.53 Å². The Morgan fingerprint density at radius 1 is 1.21 bits per heavy atom. The molecule has 0 aliphatic heterocycles. The lowest BCUT2D eigenvalue weighted by atomic mass is 9.69. The van der Waals surface area contributed by atoms with E-state index in [-0.39, 0.29) is 17.7 Å². The molecule has 3 rings (SSSR count). The summed E-state index contributed by atoms with van der Waals surface area (Å²) in [6.45, 7) is 18.3. The lowest BCUT2D eigenvalue weighted by molar-refractivity contribution is 0.0884. The summed E-state index contributed by atoms with van der Waals surface area (Å²) >= 11 is 0. The lowest BCUT2D eigenvalue weighted by Crippen LogP contribution is -2.44. The van der Waals surface area contributed by atoms with Gasteiger partial charge in [-0.3, -0.25) is 4.98 Å². The van der Waals surface area contributed by atoms with E-state index in [1.165, 1.54) is 42.5 Å². The summed E-state index contributed by atoms with van der Waals surface area (Å²) in [6.07, 6.45) is 7.64. The highest BCUT2D eigenvalue weighted by molar-refractivity contribution is 6.74. The number of nitrogens with zero attached hydrogens (tertiary/aromatic N) is 1. The van der Waals surface area contributed by atoms with Gasteiger partial charge in [-0.05, 0) is 67.6 Å². The van der Waals surface area contributed by atoms with E-state index in [2.05, 4.69) is 54.6 Å². The molecule has 4 heteroatoms. The molecule has 1 saturated carbocycles. The third-order valence-corrected chi connectivity index (χ3v) is 12.3. The largest absolute Gasteiger partial charge is 0.410 e. The minimum absolute atomic E-state index is 0.0670. The second-order valence-corrected chi connectivity index (χ2v) is 16.0. The van der Waals surface area contributed by atoms with Crippen molar-refractivity contribution >= 4 is 8.32 Å². The first kappa shape index (κ1) is 22.0. The Bertz CT molecular complexity index is 727. The molecular weight excluding hydrogens is 362 g/mol. The van der Waals surface area contributed by atoms with Crippen LogP contribution in [-0.2, 0) is 17.5 Å². The monoisotopic (exact) mass is 403 g/mol. The Hall–Kier alpha value is -0.713. The maximum absolute atomic E-state index is 10.1. The molecule has 3 nitrogen and oxygen atoms in total. The number of aliphatic hydroxyl groups is 1. The molecule has 0 amide bonds. The van der Waals surface area contributed by atoms with Crippen LogP contribution in [0.25, 0.3) is 0 Å². The zero-order valence-corrected chi connectivity index (χ0v) is 20.4. The minimum atomic E-state index is -1.90. The van der Waals surface area contributed by atoms with E-state index in [9.17, 15) is 5.11 Å². The van der Waals surface area contributed by atoms with Crippen LogP contribution in [-0.4, -0.2) is 18.4 Å². The van der Waals surface area contributed by atoms with Crippen LogP contribution < -0.4 is 0 Å². The molecule has 158 valence electrons. The van der Waals surface area contributed by atoms with Gasteiger partial charge in [-0.2, -0.15) is 0 Å². The molecule has 1 unspecified atom stereocenters. The molecule has 0 saturated heterocycles. The Balaban J connectivity index is 2.13. The molecule has 2 aliphatic rings. The van der Waals surface area contributed by atoms with E-state index in [1.807, 2.05) is 0 Å². The van der Waals surface area contributed by atoms with Crippen LogP contribution in [0.4, 0.5) is 0 Å². The fourth-order valence-electron chi connectivity index (χ4n) is 5.15. The Kier molecular flexibility index (Phi) is 5.90. The van der Waals surface area contributed by atoms with Crippen LogP contribution in [0.5, 0.6) is 0 Å². The van der Waals surface area contributed by atoms with E-state index < -0.39 is 8.32 Å².